The van der Waals surface area contributed by atoms with Crippen molar-refractivity contribution in [2.24, 2.45) is 11.8 Å². The lowest BCUT2D eigenvalue weighted by atomic mass is 9.93. The maximum Gasteiger partial charge on any atom is 0.414 e. The molecule has 2 aliphatic rings. The van der Waals surface area contributed by atoms with Gasteiger partial charge >= 0.3 is 11.9 Å². The van der Waals surface area contributed by atoms with Gasteiger partial charge in [-0.2, -0.15) is 0 Å². The SMILES string of the molecule is COc1ccc(CCN2CCC(Cc3nc4ccncc4n3Cc3ccc(F)cc3)CC2)cc1.COc1ccc(CCN2CCC(Cc3nc4ccncc4n3Cc3ccc(F)cc3)CC2)cc1.O=C(O)C(=O)O. The number of halogens is 2. The monoisotopic (exact) mass is 1010 g/mol. The summed E-state index contributed by atoms with van der Waals surface area (Å²) < 4.78 is 41.8. The number of aromatic nitrogens is 6. The molecule has 386 valence electrons. The Bertz CT molecular complexity index is 2830. The minimum Gasteiger partial charge on any atom is -0.497 e. The van der Waals surface area contributed by atoms with E-state index in [2.05, 4.69) is 53.2 Å². The van der Waals surface area contributed by atoms with E-state index in [1.165, 1.54) is 61.1 Å². The lowest BCUT2D eigenvalue weighted by molar-refractivity contribution is -0.159. The number of benzene rings is 4. The largest absolute Gasteiger partial charge is 0.497 e. The van der Waals surface area contributed by atoms with Crippen LogP contribution in [0, 0.1) is 23.5 Å². The fourth-order valence-corrected chi connectivity index (χ4v) is 9.75. The summed E-state index contributed by atoms with van der Waals surface area (Å²) >= 11 is 0. The summed E-state index contributed by atoms with van der Waals surface area (Å²) in [6.45, 7) is 8.04. The van der Waals surface area contributed by atoms with Crippen molar-refractivity contribution in [1.29, 1.82) is 0 Å². The van der Waals surface area contributed by atoms with Gasteiger partial charge in [0.05, 0.1) is 48.7 Å². The predicted molar refractivity (Wildman–Crippen MR) is 280 cm³/mol. The standard InChI is InChI=1S/2C28H31FN4O.C2H2O4/c2*1-34-25-8-4-21(5-9-25)11-15-32-16-12-22(13-17-32)18-28-31-26-10-14-30-19-27(26)33(28)20-23-2-6-24(29)7-3-23;3-1(4)2(5)6/h2*2-10,14,19,22H,11-13,15-18,20H2,1H3;(H,3,4)(H,5,6). The van der Waals surface area contributed by atoms with Gasteiger partial charge in [-0.3, -0.25) is 9.97 Å². The number of carboxylic acid groups (broad SMARTS) is 2. The molecule has 0 bridgehead atoms. The smallest absolute Gasteiger partial charge is 0.414 e. The Morgan fingerprint density at radius 2 is 0.878 bits per heavy atom. The number of likely N-dealkylation sites (tertiary alicyclic amines) is 2. The third kappa shape index (κ3) is 14.8. The molecule has 0 amide bonds. The van der Waals surface area contributed by atoms with Crippen LogP contribution in [-0.2, 0) is 48.4 Å². The first kappa shape index (κ1) is 52.8. The second-order valence-corrected chi connectivity index (χ2v) is 19.0. The van der Waals surface area contributed by atoms with Crippen molar-refractivity contribution in [3.05, 3.63) is 180 Å². The zero-order valence-corrected chi connectivity index (χ0v) is 42.0. The normalized spacial score (nSPS) is 14.5. The Balaban J connectivity index is 0.000000178. The van der Waals surface area contributed by atoms with Crippen LogP contribution in [-0.4, -0.2) is 115 Å². The average molecular weight is 1010 g/mol. The topological polar surface area (TPSA) is 161 Å². The van der Waals surface area contributed by atoms with Crippen molar-refractivity contribution in [2.45, 2.75) is 64.5 Å². The number of pyridine rings is 2. The Labute approximate surface area is 430 Å². The number of hydrogen-bond donors (Lipinski definition) is 2. The Morgan fingerprint density at radius 3 is 1.22 bits per heavy atom. The van der Waals surface area contributed by atoms with Gasteiger partial charge in [0.25, 0.3) is 0 Å². The summed E-state index contributed by atoms with van der Waals surface area (Å²) in [6.07, 6.45) is 16.1. The Kier molecular flexibility index (Phi) is 18.5. The van der Waals surface area contributed by atoms with Gasteiger partial charge in [0.1, 0.15) is 34.8 Å². The van der Waals surface area contributed by atoms with Crippen molar-refractivity contribution in [3.63, 3.8) is 0 Å². The van der Waals surface area contributed by atoms with Crippen LogP contribution in [0.4, 0.5) is 8.78 Å². The number of methoxy groups -OCH3 is 2. The van der Waals surface area contributed by atoms with Crippen molar-refractivity contribution in [3.8, 4) is 11.5 Å². The summed E-state index contributed by atoms with van der Waals surface area (Å²) in [5.74, 6) is 1.19. The first-order valence-electron chi connectivity index (χ1n) is 25.2. The maximum absolute atomic E-state index is 13.4. The van der Waals surface area contributed by atoms with E-state index >= 15 is 0 Å². The number of ether oxygens (including phenoxy) is 2. The first-order valence-corrected chi connectivity index (χ1v) is 25.2. The summed E-state index contributed by atoms with van der Waals surface area (Å²) in [5.41, 5.74) is 8.88. The minimum absolute atomic E-state index is 0.208. The lowest BCUT2D eigenvalue weighted by Gasteiger charge is -2.32. The van der Waals surface area contributed by atoms with Gasteiger partial charge in [-0.05, 0) is 159 Å². The summed E-state index contributed by atoms with van der Waals surface area (Å²) in [5, 5.41) is 14.8. The number of hydrogen-bond acceptors (Lipinski definition) is 10. The molecular formula is C58H64F2N8O6. The number of aliphatic carboxylic acids is 2. The van der Waals surface area contributed by atoms with Crippen molar-refractivity contribution >= 4 is 34.0 Å². The second-order valence-electron chi connectivity index (χ2n) is 19.0. The molecule has 0 spiro atoms. The maximum atomic E-state index is 13.4. The molecule has 2 fully saturated rings. The van der Waals surface area contributed by atoms with Crippen LogP contribution in [0.15, 0.2) is 134 Å². The van der Waals surface area contributed by atoms with Gasteiger partial charge in [0.15, 0.2) is 0 Å². The first-order chi connectivity index (χ1) is 36.0. The minimum atomic E-state index is -1.82. The fourth-order valence-electron chi connectivity index (χ4n) is 9.75. The second kappa shape index (κ2) is 25.9. The van der Waals surface area contributed by atoms with Crippen molar-refractivity contribution in [2.75, 3.05) is 53.5 Å². The van der Waals surface area contributed by atoms with Crippen LogP contribution < -0.4 is 9.47 Å². The molecule has 74 heavy (non-hydrogen) atoms. The van der Waals surface area contributed by atoms with Crippen molar-refractivity contribution < 1.29 is 38.1 Å². The zero-order valence-electron chi connectivity index (χ0n) is 42.0. The van der Waals surface area contributed by atoms with Crippen LogP contribution >= 0.6 is 0 Å². The van der Waals surface area contributed by atoms with E-state index in [0.717, 1.165) is 121 Å². The number of imidazole rings is 2. The summed E-state index contributed by atoms with van der Waals surface area (Å²) in [6, 6.07) is 34.2. The number of fused-ring (bicyclic) bond motifs is 2. The Morgan fingerprint density at radius 1 is 0.527 bits per heavy atom. The van der Waals surface area contributed by atoms with Crippen LogP contribution in [0.5, 0.6) is 11.5 Å². The van der Waals surface area contributed by atoms with E-state index < -0.39 is 11.9 Å². The number of piperidine rings is 2. The number of nitrogens with zero attached hydrogens (tertiary/aromatic N) is 8. The van der Waals surface area contributed by atoms with Gasteiger partial charge in [-0.15, -0.1) is 0 Å². The van der Waals surface area contributed by atoms with Crippen LogP contribution in [0.3, 0.4) is 0 Å². The van der Waals surface area contributed by atoms with Gasteiger partial charge in [-0.25, -0.2) is 28.3 Å². The van der Waals surface area contributed by atoms with Gasteiger partial charge in [0, 0.05) is 51.4 Å². The van der Waals surface area contributed by atoms with Crippen molar-refractivity contribution in [1.82, 2.24) is 38.9 Å². The molecule has 4 aromatic heterocycles. The molecule has 8 aromatic rings. The van der Waals surface area contributed by atoms with E-state index in [1.807, 2.05) is 73.1 Å². The molecule has 0 aliphatic carbocycles. The third-order valence-electron chi connectivity index (χ3n) is 14.1. The molecule has 14 nitrogen and oxygen atoms in total. The van der Waals surface area contributed by atoms with E-state index in [1.54, 1.807) is 26.6 Å². The molecule has 6 heterocycles. The fraction of sp³-hybridized carbons (Fsp3) is 0.345. The quantitative estimate of drug-likeness (QED) is 0.0885. The van der Waals surface area contributed by atoms with E-state index in [4.69, 9.17) is 39.2 Å². The molecule has 16 heteroatoms. The molecular weight excluding hydrogens is 943 g/mol. The molecule has 0 unspecified atom stereocenters. The molecule has 2 saturated heterocycles. The molecule has 0 atom stereocenters. The molecule has 4 aromatic carbocycles. The summed E-state index contributed by atoms with van der Waals surface area (Å²) in [7, 11) is 3.40. The van der Waals surface area contributed by atoms with Crippen LogP contribution in [0.25, 0.3) is 22.1 Å². The third-order valence-corrected chi connectivity index (χ3v) is 14.1. The highest BCUT2D eigenvalue weighted by atomic mass is 19.1. The number of carboxylic acids is 2. The average Bonchev–Trinajstić information content (AvgIpc) is 3.95. The zero-order chi connectivity index (χ0) is 51.8. The number of rotatable bonds is 16. The number of carbonyl (C=O) groups is 2. The molecule has 0 saturated carbocycles. The van der Waals surface area contributed by atoms with Crippen LogP contribution in [0.1, 0.15) is 59.6 Å². The highest BCUT2D eigenvalue weighted by Crippen LogP contribution is 2.27. The molecule has 0 radical (unpaired) electrons. The predicted octanol–water partition coefficient (Wildman–Crippen LogP) is 9.40. The van der Waals surface area contributed by atoms with E-state index in [9.17, 15) is 8.78 Å². The van der Waals surface area contributed by atoms with Crippen LogP contribution in [0.2, 0.25) is 0 Å². The van der Waals surface area contributed by atoms with Gasteiger partial charge < -0.3 is 38.6 Å². The Hall–Kier alpha value is -7.56. The van der Waals surface area contributed by atoms with Gasteiger partial charge in [-0.1, -0.05) is 48.5 Å². The van der Waals surface area contributed by atoms with E-state index in [-0.39, 0.29) is 11.6 Å². The molecule has 2 aliphatic heterocycles. The summed E-state index contributed by atoms with van der Waals surface area (Å²) in [4.78, 5) is 41.9. The lowest BCUT2D eigenvalue weighted by Crippen LogP contribution is -2.36. The highest BCUT2D eigenvalue weighted by Gasteiger charge is 2.24. The molecule has 2 N–H and O–H groups in total. The molecule has 10 rings (SSSR count). The van der Waals surface area contributed by atoms with Gasteiger partial charge in [0.2, 0.25) is 0 Å². The highest BCUT2D eigenvalue weighted by molar-refractivity contribution is 6.27. The van der Waals surface area contributed by atoms with E-state index in [0.29, 0.717) is 24.9 Å².